The fourth-order valence-corrected chi connectivity index (χ4v) is 6.18. The van der Waals surface area contributed by atoms with Crippen molar-refractivity contribution < 1.29 is 29.0 Å². The van der Waals surface area contributed by atoms with Crippen molar-refractivity contribution in [2.45, 2.75) is 76.3 Å². The molecule has 35 heavy (non-hydrogen) atoms. The van der Waals surface area contributed by atoms with Gasteiger partial charge in [-0.3, -0.25) is 9.59 Å². The maximum Gasteiger partial charge on any atom is 0.330 e. The highest BCUT2D eigenvalue weighted by atomic mass is 32.2. The van der Waals surface area contributed by atoms with E-state index < -0.39 is 29.6 Å². The summed E-state index contributed by atoms with van der Waals surface area (Å²) in [5.41, 5.74) is 0.320. The highest BCUT2D eigenvalue weighted by molar-refractivity contribution is 8.00. The Morgan fingerprint density at radius 1 is 1.14 bits per heavy atom. The summed E-state index contributed by atoms with van der Waals surface area (Å²) in [6, 6.07) is 5.26. The van der Waals surface area contributed by atoms with Crippen LogP contribution in [0.15, 0.2) is 24.3 Å². The molecule has 3 rings (SSSR count). The second-order valence-corrected chi connectivity index (χ2v) is 11.2. The fraction of sp³-hybridized carbons (Fsp3) is 0.600. The van der Waals surface area contributed by atoms with Crippen molar-refractivity contribution in [2.24, 2.45) is 5.92 Å². The van der Waals surface area contributed by atoms with Crippen LogP contribution in [0.1, 0.15) is 58.4 Å². The molecule has 10 heteroatoms. The molecular formula is C25H35N3O6S. The quantitative estimate of drug-likeness (QED) is 0.483. The average molecular weight is 506 g/mol. The van der Waals surface area contributed by atoms with Gasteiger partial charge in [-0.05, 0) is 57.2 Å². The van der Waals surface area contributed by atoms with Crippen molar-refractivity contribution in [2.75, 3.05) is 17.6 Å². The third-order valence-corrected chi connectivity index (χ3v) is 7.46. The summed E-state index contributed by atoms with van der Waals surface area (Å²) in [5.74, 6) is -0.916. The summed E-state index contributed by atoms with van der Waals surface area (Å²) in [4.78, 5) is 51.2. The van der Waals surface area contributed by atoms with Crippen molar-refractivity contribution in [3.8, 4) is 0 Å². The largest absolute Gasteiger partial charge is 0.481 e. The highest BCUT2D eigenvalue weighted by Gasteiger charge is 2.46. The molecule has 0 bridgehead atoms. The Kier molecular flexibility index (Phi) is 9.04. The zero-order valence-electron chi connectivity index (χ0n) is 20.5. The Morgan fingerprint density at radius 3 is 2.51 bits per heavy atom. The molecule has 2 aliphatic rings. The predicted octanol–water partition coefficient (Wildman–Crippen LogP) is 3.63. The van der Waals surface area contributed by atoms with Gasteiger partial charge in [-0.25, -0.2) is 9.59 Å². The number of hydrogen-bond acceptors (Lipinski definition) is 6. The lowest BCUT2D eigenvalue weighted by Gasteiger charge is -2.36. The van der Waals surface area contributed by atoms with Crippen LogP contribution in [0, 0.1) is 5.92 Å². The van der Waals surface area contributed by atoms with E-state index in [-0.39, 0.29) is 24.2 Å². The number of thioether (sulfide) groups is 1. The summed E-state index contributed by atoms with van der Waals surface area (Å²) < 4.78 is 5.59. The molecule has 1 aromatic carbocycles. The van der Waals surface area contributed by atoms with Crippen LogP contribution >= 0.6 is 11.8 Å². The number of carboxylic acid groups (broad SMARTS) is 1. The van der Waals surface area contributed by atoms with Gasteiger partial charge in [-0.1, -0.05) is 31.4 Å². The third kappa shape index (κ3) is 7.88. The van der Waals surface area contributed by atoms with E-state index in [9.17, 15) is 19.2 Å². The van der Waals surface area contributed by atoms with Crippen LogP contribution in [-0.2, 0) is 25.5 Å². The minimum Gasteiger partial charge on any atom is -0.481 e. The van der Waals surface area contributed by atoms with Crippen LogP contribution < -0.4 is 10.6 Å². The molecule has 1 unspecified atom stereocenters. The number of carbonyl (C=O) groups excluding carboxylic acids is 3. The molecule has 3 N–H and O–H groups in total. The van der Waals surface area contributed by atoms with Crippen LogP contribution in [0.5, 0.6) is 0 Å². The number of esters is 1. The van der Waals surface area contributed by atoms with Crippen LogP contribution in [-0.4, -0.2) is 63.2 Å². The SMILES string of the molecule is CC(C)(C)OC(=O)[C@@H]1CSC(C2CCCCC2)N1C(=O)CNC(=O)Nc1cccc(CC(=O)O)c1. The lowest BCUT2D eigenvalue weighted by atomic mass is 9.88. The molecular weight excluding hydrogens is 470 g/mol. The first kappa shape index (κ1) is 26.8. The zero-order chi connectivity index (χ0) is 25.6. The standard InChI is InChI=1S/C25H35N3O6S/c1-25(2,3)34-23(32)19-15-35-22(17-9-5-4-6-10-17)28(19)20(29)14-26-24(33)27-18-11-7-8-16(12-18)13-21(30)31/h7-8,11-12,17,19,22H,4-6,9-10,13-15H2,1-3H3,(H,30,31)(H2,26,27,33)/t19-,22?/m0/s1. The molecule has 1 saturated carbocycles. The summed E-state index contributed by atoms with van der Waals surface area (Å²) in [6.45, 7) is 5.14. The first-order chi connectivity index (χ1) is 16.5. The molecule has 1 heterocycles. The smallest absolute Gasteiger partial charge is 0.330 e. The third-order valence-electron chi connectivity index (χ3n) is 6.00. The molecule has 0 radical (unpaired) electrons. The van der Waals surface area contributed by atoms with E-state index in [0.717, 1.165) is 25.7 Å². The first-order valence-electron chi connectivity index (χ1n) is 12.0. The number of anilines is 1. The van der Waals surface area contributed by atoms with E-state index in [4.69, 9.17) is 9.84 Å². The molecule has 3 amide bonds. The Morgan fingerprint density at radius 2 is 1.86 bits per heavy atom. The lowest BCUT2D eigenvalue weighted by Crippen LogP contribution is -2.52. The number of urea groups is 1. The molecule has 1 aromatic rings. The number of rotatable bonds is 7. The number of amides is 3. The van der Waals surface area contributed by atoms with Crippen LogP contribution in [0.25, 0.3) is 0 Å². The lowest BCUT2D eigenvalue weighted by molar-refractivity contribution is -0.164. The van der Waals surface area contributed by atoms with Crippen molar-refractivity contribution in [1.29, 1.82) is 0 Å². The van der Waals surface area contributed by atoms with E-state index in [2.05, 4.69) is 10.6 Å². The van der Waals surface area contributed by atoms with E-state index in [1.165, 1.54) is 6.42 Å². The predicted molar refractivity (Wildman–Crippen MR) is 134 cm³/mol. The number of carboxylic acids is 1. The Hall–Kier alpha value is -2.75. The number of ether oxygens (including phenoxy) is 1. The second kappa shape index (κ2) is 11.8. The fourth-order valence-electron chi connectivity index (χ4n) is 4.53. The first-order valence-corrected chi connectivity index (χ1v) is 13.1. The van der Waals surface area contributed by atoms with Gasteiger partial charge in [0.25, 0.3) is 0 Å². The van der Waals surface area contributed by atoms with E-state index in [1.54, 1.807) is 61.7 Å². The topological polar surface area (TPSA) is 125 Å². The Bertz CT molecular complexity index is 941. The molecule has 0 aromatic heterocycles. The maximum absolute atomic E-state index is 13.3. The van der Waals surface area contributed by atoms with Gasteiger partial charge in [0.05, 0.1) is 18.3 Å². The maximum atomic E-state index is 13.3. The van der Waals surface area contributed by atoms with Crippen molar-refractivity contribution >= 4 is 41.3 Å². The average Bonchev–Trinajstić information content (AvgIpc) is 3.22. The van der Waals surface area contributed by atoms with Gasteiger partial charge >= 0.3 is 18.0 Å². The molecule has 9 nitrogen and oxygen atoms in total. The number of benzene rings is 1. The van der Waals surface area contributed by atoms with Crippen molar-refractivity contribution in [3.05, 3.63) is 29.8 Å². The number of carbonyl (C=O) groups is 4. The monoisotopic (exact) mass is 505 g/mol. The number of nitrogens with one attached hydrogen (secondary N) is 2. The van der Waals surface area contributed by atoms with E-state index in [1.807, 2.05) is 0 Å². The Balaban J connectivity index is 1.65. The van der Waals surface area contributed by atoms with Crippen LogP contribution in [0.2, 0.25) is 0 Å². The summed E-state index contributed by atoms with van der Waals surface area (Å²) >= 11 is 1.62. The number of aliphatic carboxylic acids is 1. The van der Waals surface area contributed by atoms with Crippen LogP contribution in [0.3, 0.4) is 0 Å². The minimum atomic E-state index is -0.965. The molecule has 1 saturated heterocycles. The minimum absolute atomic E-state index is 0.113. The van der Waals surface area contributed by atoms with E-state index >= 15 is 0 Å². The normalized spacial score (nSPS) is 20.8. The summed E-state index contributed by atoms with van der Waals surface area (Å²) in [6.07, 6.45) is 5.29. The molecule has 2 fully saturated rings. The van der Waals surface area contributed by atoms with E-state index in [0.29, 0.717) is 22.9 Å². The van der Waals surface area contributed by atoms with Gasteiger partial charge in [0.2, 0.25) is 5.91 Å². The number of hydrogen-bond donors (Lipinski definition) is 3. The van der Waals surface area contributed by atoms with Gasteiger partial charge in [0.1, 0.15) is 11.6 Å². The summed E-state index contributed by atoms with van der Waals surface area (Å²) in [7, 11) is 0. The van der Waals surface area contributed by atoms with Gasteiger partial charge in [-0.15, -0.1) is 11.8 Å². The van der Waals surface area contributed by atoms with Crippen molar-refractivity contribution in [3.63, 3.8) is 0 Å². The van der Waals surface area contributed by atoms with Gasteiger partial charge < -0.3 is 25.4 Å². The molecule has 1 aliphatic carbocycles. The molecule has 2 atom stereocenters. The second-order valence-electron chi connectivity index (χ2n) is 10.1. The number of nitrogens with zero attached hydrogens (tertiary/aromatic N) is 1. The molecule has 0 spiro atoms. The summed E-state index contributed by atoms with van der Waals surface area (Å²) in [5, 5.41) is 14.0. The van der Waals surface area contributed by atoms with Gasteiger partial charge in [-0.2, -0.15) is 0 Å². The van der Waals surface area contributed by atoms with Gasteiger partial charge in [0.15, 0.2) is 0 Å². The molecule has 192 valence electrons. The van der Waals surface area contributed by atoms with Crippen LogP contribution in [0.4, 0.5) is 10.5 Å². The highest BCUT2D eigenvalue weighted by Crippen LogP contribution is 2.41. The van der Waals surface area contributed by atoms with Crippen molar-refractivity contribution in [1.82, 2.24) is 10.2 Å². The Labute approximate surface area is 210 Å². The van der Waals surface area contributed by atoms with Gasteiger partial charge in [0, 0.05) is 11.4 Å². The zero-order valence-corrected chi connectivity index (χ0v) is 21.4. The molecule has 1 aliphatic heterocycles.